The van der Waals surface area contributed by atoms with Crippen LogP contribution in [0.4, 0.5) is 0 Å². The third-order valence-electron chi connectivity index (χ3n) is 14.8. The predicted octanol–water partition coefficient (Wildman–Crippen LogP) is 22.6. The number of carbonyl (C=O) groups excluding carboxylic acids is 3. The van der Waals surface area contributed by atoms with Crippen molar-refractivity contribution in [2.45, 2.75) is 361 Å². The van der Waals surface area contributed by atoms with E-state index in [4.69, 9.17) is 14.2 Å². The van der Waals surface area contributed by atoms with Crippen molar-refractivity contribution in [3.8, 4) is 0 Å². The molecule has 0 rings (SSSR count). The summed E-state index contributed by atoms with van der Waals surface area (Å²) in [5, 5.41) is 0. The van der Waals surface area contributed by atoms with Gasteiger partial charge in [0.1, 0.15) is 13.2 Å². The van der Waals surface area contributed by atoms with Gasteiger partial charge < -0.3 is 14.2 Å². The molecule has 6 nitrogen and oxygen atoms in total. The average Bonchev–Trinajstić information content (AvgIpc) is 3.41. The van der Waals surface area contributed by atoms with E-state index >= 15 is 0 Å². The van der Waals surface area contributed by atoms with Crippen LogP contribution in [0.15, 0.2) is 48.6 Å². The van der Waals surface area contributed by atoms with Gasteiger partial charge in [-0.2, -0.15) is 0 Å². The molecule has 75 heavy (non-hydrogen) atoms. The Labute approximate surface area is 467 Å². The lowest BCUT2D eigenvalue weighted by Gasteiger charge is -2.18. The number of carbonyl (C=O) groups is 3. The molecular formula is C69H126O6. The van der Waals surface area contributed by atoms with Gasteiger partial charge in [-0.1, -0.05) is 326 Å². The van der Waals surface area contributed by atoms with Crippen LogP contribution < -0.4 is 0 Å². The first kappa shape index (κ1) is 72.4. The van der Waals surface area contributed by atoms with Gasteiger partial charge in [0.05, 0.1) is 0 Å². The van der Waals surface area contributed by atoms with Gasteiger partial charge in [-0.3, -0.25) is 14.4 Å². The first-order chi connectivity index (χ1) is 37.0. The Morgan fingerprint density at radius 1 is 0.280 bits per heavy atom. The second kappa shape index (κ2) is 63.9. The molecule has 0 N–H and O–H groups in total. The van der Waals surface area contributed by atoms with Crippen molar-refractivity contribution in [1.82, 2.24) is 0 Å². The molecule has 0 saturated heterocycles. The molecule has 6 heteroatoms. The number of ether oxygens (including phenoxy) is 3. The monoisotopic (exact) mass is 1050 g/mol. The second-order valence-electron chi connectivity index (χ2n) is 22.4. The van der Waals surface area contributed by atoms with Crippen molar-refractivity contribution in [1.29, 1.82) is 0 Å². The highest BCUT2D eigenvalue weighted by molar-refractivity contribution is 5.71. The van der Waals surface area contributed by atoms with E-state index in [1.807, 2.05) is 0 Å². The van der Waals surface area contributed by atoms with Gasteiger partial charge in [0.25, 0.3) is 0 Å². The predicted molar refractivity (Wildman–Crippen MR) is 325 cm³/mol. The summed E-state index contributed by atoms with van der Waals surface area (Å²) in [6.45, 7) is 6.58. The minimum Gasteiger partial charge on any atom is -0.462 e. The lowest BCUT2D eigenvalue weighted by molar-refractivity contribution is -0.167. The zero-order valence-corrected chi connectivity index (χ0v) is 50.3. The minimum atomic E-state index is -0.766. The first-order valence-electron chi connectivity index (χ1n) is 33.1. The number of esters is 3. The maximum absolute atomic E-state index is 12.9. The van der Waals surface area contributed by atoms with Crippen LogP contribution in [0.2, 0.25) is 0 Å². The average molecular weight is 1050 g/mol. The molecule has 438 valence electrons. The maximum Gasteiger partial charge on any atom is 0.306 e. The number of hydrogen-bond acceptors (Lipinski definition) is 6. The second-order valence-corrected chi connectivity index (χ2v) is 22.4. The molecule has 0 aromatic carbocycles. The molecule has 0 fully saturated rings. The fourth-order valence-corrected chi connectivity index (χ4v) is 9.91. The highest BCUT2D eigenvalue weighted by Crippen LogP contribution is 2.18. The van der Waals surface area contributed by atoms with Gasteiger partial charge in [-0.15, -0.1) is 0 Å². The summed E-state index contributed by atoms with van der Waals surface area (Å²) in [4.78, 5) is 38.2. The standard InChI is InChI=1S/C69H126O6/c1-4-7-10-13-16-19-22-24-26-27-28-29-30-31-32-33-34-35-36-37-38-39-40-41-43-44-47-50-53-56-59-62-68(71)74-65-66(64-73-67(70)61-58-55-52-49-46-21-18-15-12-9-6-3)75-69(72)63-60-57-54-51-48-45-42-25-23-20-17-14-11-8-5-2/h7,10,16,19,24,26,28-29,66H,4-6,8-9,11-15,17-18,20-23,25,27,30-65H2,1-3H3/b10-7-,19-16-,26-24-,29-28-. The fraction of sp³-hybridized carbons (Fsp3) is 0.841. The molecule has 0 aromatic heterocycles. The first-order valence-corrected chi connectivity index (χ1v) is 33.1. The van der Waals surface area contributed by atoms with E-state index in [2.05, 4.69) is 69.4 Å². The summed E-state index contributed by atoms with van der Waals surface area (Å²) >= 11 is 0. The molecule has 0 aliphatic carbocycles. The molecule has 0 saturated carbocycles. The fourth-order valence-electron chi connectivity index (χ4n) is 9.91. The summed E-state index contributed by atoms with van der Waals surface area (Å²) in [7, 11) is 0. The number of unbranched alkanes of at least 4 members (excludes halogenated alkanes) is 42. The van der Waals surface area contributed by atoms with E-state index in [1.165, 1.54) is 231 Å². The Kier molecular flexibility index (Phi) is 61.7. The van der Waals surface area contributed by atoms with Gasteiger partial charge in [0, 0.05) is 19.3 Å². The van der Waals surface area contributed by atoms with Crippen LogP contribution in [-0.2, 0) is 28.6 Å². The van der Waals surface area contributed by atoms with Crippen LogP contribution in [0.5, 0.6) is 0 Å². The summed E-state index contributed by atoms with van der Waals surface area (Å²) < 4.78 is 16.9. The van der Waals surface area contributed by atoms with Crippen molar-refractivity contribution in [3.63, 3.8) is 0 Å². The molecule has 0 radical (unpaired) electrons. The van der Waals surface area contributed by atoms with Crippen LogP contribution in [0, 0.1) is 0 Å². The van der Waals surface area contributed by atoms with E-state index < -0.39 is 6.10 Å². The Balaban J connectivity index is 4.09. The topological polar surface area (TPSA) is 78.9 Å². The molecular weight excluding hydrogens is 925 g/mol. The zero-order chi connectivity index (χ0) is 54.3. The van der Waals surface area contributed by atoms with Crippen LogP contribution in [-0.4, -0.2) is 37.2 Å². The number of rotatable bonds is 61. The van der Waals surface area contributed by atoms with Crippen molar-refractivity contribution in [3.05, 3.63) is 48.6 Å². The quantitative estimate of drug-likeness (QED) is 0.0261. The molecule has 1 atom stereocenters. The van der Waals surface area contributed by atoms with Crippen LogP contribution in [0.3, 0.4) is 0 Å². The van der Waals surface area contributed by atoms with Gasteiger partial charge in [0.2, 0.25) is 0 Å². The van der Waals surface area contributed by atoms with E-state index in [1.54, 1.807) is 0 Å². The van der Waals surface area contributed by atoms with Gasteiger partial charge in [0.15, 0.2) is 6.10 Å². The van der Waals surface area contributed by atoms with Crippen LogP contribution >= 0.6 is 0 Å². The van der Waals surface area contributed by atoms with Gasteiger partial charge >= 0.3 is 17.9 Å². The Bertz CT molecular complexity index is 1300. The Morgan fingerprint density at radius 3 is 0.813 bits per heavy atom. The highest BCUT2D eigenvalue weighted by atomic mass is 16.6. The number of allylic oxidation sites excluding steroid dienone is 8. The molecule has 0 heterocycles. The lowest BCUT2D eigenvalue weighted by Crippen LogP contribution is -2.30. The van der Waals surface area contributed by atoms with E-state index in [9.17, 15) is 14.4 Å². The minimum absolute atomic E-state index is 0.0654. The maximum atomic E-state index is 12.9. The Hall–Kier alpha value is -2.63. The van der Waals surface area contributed by atoms with Crippen molar-refractivity contribution in [2.24, 2.45) is 0 Å². The van der Waals surface area contributed by atoms with Crippen LogP contribution in [0.1, 0.15) is 355 Å². The molecule has 0 aliphatic rings. The Morgan fingerprint density at radius 2 is 0.520 bits per heavy atom. The van der Waals surface area contributed by atoms with E-state index in [0.717, 1.165) is 83.5 Å². The highest BCUT2D eigenvalue weighted by Gasteiger charge is 2.19. The molecule has 1 unspecified atom stereocenters. The molecule has 0 aromatic rings. The normalized spacial score (nSPS) is 12.3. The van der Waals surface area contributed by atoms with Gasteiger partial charge in [-0.05, 0) is 57.8 Å². The largest absolute Gasteiger partial charge is 0.462 e. The molecule has 0 spiro atoms. The SMILES string of the molecule is CC/C=C\C/C=C\C/C=C\C/C=C\CCCCCCCCCCCCCCCCCCCCC(=O)OCC(COC(=O)CCCCCCCCCCCCC)OC(=O)CCCCCCCCCCCCCCCCC. The molecule has 0 bridgehead atoms. The third kappa shape index (κ3) is 62.1. The smallest absolute Gasteiger partial charge is 0.306 e. The number of hydrogen-bond donors (Lipinski definition) is 0. The summed E-state index contributed by atoms with van der Waals surface area (Å²) in [5.41, 5.74) is 0. The molecule has 0 amide bonds. The molecule has 0 aliphatic heterocycles. The van der Waals surface area contributed by atoms with Crippen molar-refractivity contribution < 1.29 is 28.6 Å². The summed E-state index contributed by atoms with van der Waals surface area (Å²) in [6, 6.07) is 0. The van der Waals surface area contributed by atoms with Crippen molar-refractivity contribution in [2.75, 3.05) is 13.2 Å². The van der Waals surface area contributed by atoms with Crippen LogP contribution in [0.25, 0.3) is 0 Å². The van der Waals surface area contributed by atoms with E-state index in [0.29, 0.717) is 19.3 Å². The summed E-state index contributed by atoms with van der Waals surface area (Å²) in [5.74, 6) is -0.841. The van der Waals surface area contributed by atoms with E-state index in [-0.39, 0.29) is 31.1 Å². The van der Waals surface area contributed by atoms with Crippen molar-refractivity contribution >= 4 is 17.9 Å². The lowest BCUT2D eigenvalue weighted by atomic mass is 10.0. The van der Waals surface area contributed by atoms with Gasteiger partial charge in [-0.25, -0.2) is 0 Å². The third-order valence-corrected chi connectivity index (χ3v) is 14.8. The zero-order valence-electron chi connectivity index (χ0n) is 50.3. The summed E-state index contributed by atoms with van der Waals surface area (Å²) in [6.07, 6.45) is 80.0.